The summed E-state index contributed by atoms with van der Waals surface area (Å²) in [6.45, 7) is 0.109. The second-order valence-corrected chi connectivity index (χ2v) is 9.03. The fourth-order valence-electron chi connectivity index (χ4n) is 3.22. The SMILES string of the molecule is CCCCCCCOc1cnc(-c2ccc(OCCCOCC(F)(F)OC(F)(F)C(F)(F)OC(F)C(F)(F)F)cc2)nc1. The molecule has 0 bridgehead atoms. The second-order valence-electron chi connectivity index (χ2n) is 9.03. The average molecular weight is 641 g/mol. The van der Waals surface area contributed by atoms with Crippen LogP contribution in [0.5, 0.6) is 11.5 Å². The van der Waals surface area contributed by atoms with Crippen LogP contribution in [-0.2, 0) is 14.2 Å². The van der Waals surface area contributed by atoms with Crippen molar-refractivity contribution in [1.29, 1.82) is 0 Å². The van der Waals surface area contributed by atoms with Crippen LogP contribution < -0.4 is 9.47 Å². The number of hydrogen-bond acceptors (Lipinski definition) is 7. The molecule has 2 aromatic rings. The van der Waals surface area contributed by atoms with Crippen molar-refractivity contribution >= 4 is 0 Å². The first-order chi connectivity index (χ1) is 20.1. The molecule has 17 heteroatoms. The molecule has 0 aliphatic rings. The largest absolute Gasteiger partial charge is 0.494 e. The van der Waals surface area contributed by atoms with Crippen LogP contribution >= 0.6 is 0 Å². The lowest BCUT2D eigenvalue weighted by Gasteiger charge is -2.30. The van der Waals surface area contributed by atoms with Crippen LogP contribution in [0.2, 0.25) is 0 Å². The van der Waals surface area contributed by atoms with E-state index >= 15 is 0 Å². The number of alkyl halides is 10. The summed E-state index contributed by atoms with van der Waals surface area (Å²) >= 11 is 0. The molecule has 1 heterocycles. The maximum Gasteiger partial charge on any atom is 0.453 e. The van der Waals surface area contributed by atoms with Crippen molar-refractivity contribution in [3.8, 4) is 22.9 Å². The maximum atomic E-state index is 13.5. The first-order valence-electron chi connectivity index (χ1n) is 13.0. The molecule has 0 saturated carbocycles. The Labute approximate surface area is 240 Å². The molecule has 2 rings (SSSR count). The van der Waals surface area contributed by atoms with E-state index in [0.29, 0.717) is 29.5 Å². The van der Waals surface area contributed by atoms with Gasteiger partial charge in [0.2, 0.25) is 0 Å². The van der Waals surface area contributed by atoms with Crippen molar-refractivity contribution in [1.82, 2.24) is 9.97 Å². The third kappa shape index (κ3) is 12.7. The highest BCUT2D eigenvalue weighted by atomic mass is 19.4. The molecule has 0 spiro atoms. The van der Waals surface area contributed by atoms with Gasteiger partial charge in [-0.3, -0.25) is 4.74 Å². The zero-order chi connectivity index (χ0) is 32.2. The maximum absolute atomic E-state index is 13.5. The van der Waals surface area contributed by atoms with Gasteiger partial charge in [0.25, 0.3) is 6.36 Å². The molecule has 43 heavy (non-hydrogen) atoms. The minimum absolute atomic E-state index is 0.0637. The Balaban J connectivity index is 1.70. The number of aromatic nitrogens is 2. The molecule has 0 aliphatic carbocycles. The summed E-state index contributed by atoms with van der Waals surface area (Å²) in [6, 6.07) is 6.47. The molecule has 0 radical (unpaired) electrons. The van der Waals surface area contributed by atoms with Gasteiger partial charge < -0.3 is 14.2 Å². The Morgan fingerprint density at radius 3 is 1.88 bits per heavy atom. The molecule has 1 aromatic carbocycles. The smallest absolute Gasteiger partial charge is 0.453 e. The number of rotatable bonds is 20. The standard InChI is InChI=1S/C26H30F10N2O5/c1-2-3-4-5-6-13-41-20-15-37-21(38-16-20)18-8-10-19(11-9-18)40-14-7-12-39-17-23(28,29)43-26(35,36)25(33,34)42-22(27)24(30,31)32/h8-11,15-16,22H,2-7,12-14,17H2,1H3. The molecule has 0 saturated heterocycles. The van der Waals surface area contributed by atoms with E-state index in [2.05, 4.69) is 31.1 Å². The lowest BCUT2D eigenvalue weighted by Crippen LogP contribution is -2.52. The quantitative estimate of drug-likeness (QED) is 0.108. The van der Waals surface area contributed by atoms with Gasteiger partial charge in [0.1, 0.15) is 12.4 Å². The predicted octanol–water partition coefficient (Wildman–Crippen LogP) is 7.95. The first-order valence-corrected chi connectivity index (χ1v) is 13.0. The third-order valence-corrected chi connectivity index (χ3v) is 5.35. The topological polar surface area (TPSA) is 71.9 Å². The van der Waals surface area contributed by atoms with Crippen molar-refractivity contribution < 1.29 is 67.6 Å². The number of ether oxygens (including phenoxy) is 5. The number of benzene rings is 1. The average Bonchev–Trinajstić information content (AvgIpc) is 2.92. The van der Waals surface area contributed by atoms with Gasteiger partial charge in [0.15, 0.2) is 11.6 Å². The Morgan fingerprint density at radius 1 is 0.698 bits per heavy atom. The Hall–Kier alpha value is -2.92. The molecule has 0 fully saturated rings. The van der Waals surface area contributed by atoms with Crippen molar-refractivity contribution in [2.45, 2.75) is 76.3 Å². The van der Waals surface area contributed by atoms with Gasteiger partial charge in [-0.15, -0.1) is 0 Å². The zero-order valence-corrected chi connectivity index (χ0v) is 22.8. The first kappa shape index (κ1) is 36.3. The van der Waals surface area contributed by atoms with Crippen LogP contribution in [0.15, 0.2) is 36.7 Å². The predicted molar refractivity (Wildman–Crippen MR) is 131 cm³/mol. The minimum Gasteiger partial charge on any atom is -0.494 e. The van der Waals surface area contributed by atoms with Gasteiger partial charge in [-0.2, -0.15) is 39.5 Å². The van der Waals surface area contributed by atoms with E-state index in [9.17, 15) is 43.9 Å². The molecule has 1 unspecified atom stereocenters. The summed E-state index contributed by atoms with van der Waals surface area (Å²) in [4.78, 5) is 8.52. The Morgan fingerprint density at radius 2 is 1.28 bits per heavy atom. The Bertz CT molecular complexity index is 1070. The lowest BCUT2D eigenvalue weighted by atomic mass is 10.2. The van der Waals surface area contributed by atoms with E-state index in [4.69, 9.17) is 9.47 Å². The molecular weight excluding hydrogens is 610 g/mol. The highest BCUT2D eigenvalue weighted by molar-refractivity contribution is 5.56. The van der Waals surface area contributed by atoms with Gasteiger partial charge in [0, 0.05) is 12.0 Å². The van der Waals surface area contributed by atoms with E-state index in [-0.39, 0.29) is 13.0 Å². The third-order valence-electron chi connectivity index (χ3n) is 5.35. The molecule has 0 N–H and O–H groups in total. The highest BCUT2D eigenvalue weighted by Crippen LogP contribution is 2.43. The van der Waals surface area contributed by atoms with Crippen LogP contribution in [0.3, 0.4) is 0 Å². The van der Waals surface area contributed by atoms with Gasteiger partial charge in [0.05, 0.1) is 32.2 Å². The fourth-order valence-corrected chi connectivity index (χ4v) is 3.22. The van der Waals surface area contributed by atoms with Gasteiger partial charge in [-0.25, -0.2) is 19.1 Å². The molecule has 1 atom stereocenters. The van der Waals surface area contributed by atoms with Crippen molar-refractivity contribution in [3.63, 3.8) is 0 Å². The van der Waals surface area contributed by atoms with Gasteiger partial charge >= 0.3 is 24.5 Å². The lowest BCUT2D eigenvalue weighted by molar-refractivity contribution is -0.503. The van der Waals surface area contributed by atoms with E-state index in [1.165, 1.54) is 6.42 Å². The number of hydrogen-bond donors (Lipinski definition) is 0. The second kappa shape index (κ2) is 16.2. The van der Waals surface area contributed by atoms with E-state index in [1.54, 1.807) is 36.7 Å². The summed E-state index contributed by atoms with van der Waals surface area (Å²) in [5, 5.41) is 0. The minimum atomic E-state index is -6.38. The highest BCUT2D eigenvalue weighted by Gasteiger charge is 2.67. The Kier molecular flexibility index (Phi) is 13.7. The monoisotopic (exact) mass is 640 g/mol. The van der Waals surface area contributed by atoms with Crippen LogP contribution in [0.4, 0.5) is 43.9 Å². The van der Waals surface area contributed by atoms with Gasteiger partial charge in [-0.1, -0.05) is 32.6 Å². The summed E-state index contributed by atoms with van der Waals surface area (Å²) in [6.07, 6.45) is -20.2. The molecule has 7 nitrogen and oxygen atoms in total. The van der Waals surface area contributed by atoms with Crippen molar-refractivity contribution in [3.05, 3.63) is 36.7 Å². The summed E-state index contributed by atoms with van der Waals surface area (Å²) < 4.78 is 149. The van der Waals surface area contributed by atoms with E-state index < -0.39 is 44.1 Å². The van der Waals surface area contributed by atoms with Gasteiger partial charge in [-0.05, 0) is 30.7 Å². The molecule has 0 aliphatic heterocycles. The normalized spacial score (nSPS) is 13.7. The molecule has 0 amide bonds. The number of nitrogens with zero attached hydrogens (tertiary/aromatic N) is 2. The molecular formula is C26H30F10N2O5. The van der Waals surface area contributed by atoms with Crippen LogP contribution in [0, 0.1) is 0 Å². The van der Waals surface area contributed by atoms with E-state index in [1.807, 2.05) is 0 Å². The summed E-state index contributed by atoms with van der Waals surface area (Å²) in [5.41, 5.74) is 0.664. The number of halogens is 10. The van der Waals surface area contributed by atoms with E-state index in [0.717, 1.165) is 25.7 Å². The van der Waals surface area contributed by atoms with Crippen LogP contribution in [0.25, 0.3) is 11.4 Å². The summed E-state index contributed by atoms with van der Waals surface area (Å²) in [5.74, 6) is 1.34. The van der Waals surface area contributed by atoms with Crippen molar-refractivity contribution in [2.75, 3.05) is 26.4 Å². The van der Waals surface area contributed by atoms with Crippen molar-refractivity contribution in [2.24, 2.45) is 0 Å². The van der Waals surface area contributed by atoms with Crippen LogP contribution in [0.1, 0.15) is 45.4 Å². The van der Waals surface area contributed by atoms with Crippen LogP contribution in [-0.4, -0.2) is 67.3 Å². The summed E-state index contributed by atoms with van der Waals surface area (Å²) in [7, 11) is 0. The molecule has 1 aromatic heterocycles. The fraction of sp³-hybridized carbons (Fsp3) is 0.615. The number of unbranched alkanes of at least 4 members (excludes halogenated alkanes) is 4. The zero-order valence-electron chi connectivity index (χ0n) is 22.8. The molecule has 244 valence electrons.